The van der Waals surface area contributed by atoms with Gasteiger partial charge in [0.1, 0.15) is 11.3 Å². The van der Waals surface area contributed by atoms with Gasteiger partial charge in [-0.15, -0.1) is 0 Å². The normalized spacial score (nSPS) is 13.8. The fourth-order valence-electron chi connectivity index (χ4n) is 3.82. The molecule has 2 N–H and O–H groups in total. The minimum atomic E-state index is -0.687. The molecule has 1 heterocycles. The lowest BCUT2D eigenvalue weighted by molar-refractivity contribution is -0.385. The summed E-state index contributed by atoms with van der Waals surface area (Å²) in [5.41, 5.74) is 4.62. The summed E-state index contributed by atoms with van der Waals surface area (Å²) in [7, 11) is 0. The Morgan fingerprint density at radius 1 is 1.30 bits per heavy atom. The average Bonchev–Trinajstić information content (AvgIpc) is 3.19. The van der Waals surface area contributed by atoms with E-state index in [1.165, 1.54) is 12.3 Å². The van der Waals surface area contributed by atoms with Crippen LogP contribution >= 0.6 is 0 Å². The number of fused-ring (bicyclic) bond motifs is 3. The van der Waals surface area contributed by atoms with Crippen LogP contribution in [0, 0.1) is 10.1 Å². The van der Waals surface area contributed by atoms with Gasteiger partial charge in [0.05, 0.1) is 28.5 Å². The maximum atomic E-state index is 12.0. The zero-order valence-electron chi connectivity index (χ0n) is 17.9. The number of aromatic hydroxyl groups is 1. The summed E-state index contributed by atoms with van der Waals surface area (Å²) in [6.07, 6.45) is 4.57. The SMILES string of the molecule is CC(=NOCC(=O)N/N=C/c1c(O)c([N+](=O)[O-])cc2oc3c(c12)CCCC3)c1ccccc1. The van der Waals surface area contributed by atoms with Crippen LogP contribution in [0.4, 0.5) is 5.69 Å². The molecule has 10 heteroatoms. The van der Waals surface area contributed by atoms with Gasteiger partial charge in [0.15, 0.2) is 6.61 Å². The number of phenols is 1. The van der Waals surface area contributed by atoms with Gasteiger partial charge in [-0.05, 0) is 31.7 Å². The van der Waals surface area contributed by atoms with Crippen molar-refractivity contribution in [2.45, 2.75) is 32.6 Å². The quantitative estimate of drug-likeness (QED) is 0.319. The molecule has 0 saturated carbocycles. The second kappa shape index (κ2) is 9.51. The number of carbonyl (C=O) groups excluding carboxylic acids is 1. The minimum absolute atomic E-state index is 0.130. The molecule has 0 atom stereocenters. The molecule has 4 rings (SSSR count). The number of amides is 1. The highest BCUT2D eigenvalue weighted by Gasteiger charge is 2.27. The third kappa shape index (κ3) is 4.69. The number of nitrogens with zero attached hydrogens (tertiary/aromatic N) is 3. The molecular weight excluding hydrogens is 428 g/mol. The molecule has 10 nitrogen and oxygen atoms in total. The number of nitro groups is 1. The average molecular weight is 450 g/mol. The number of nitrogens with one attached hydrogen (secondary N) is 1. The number of hydrogen-bond donors (Lipinski definition) is 2. The molecule has 3 aromatic rings. The zero-order valence-corrected chi connectivity index (χ0v) is 17.9. The van der Waals surface area contributed by atoms with Crippen LogP contribution in [-0.2, 0) is 22.5 Å². The standard InChI is InChI=1S/C23H22N4O6/c1-14(15-7-3-2-4-8-15)26-32-13-21(28)25-24-12-17-22-16-9-5-6-10-19(16)33-20(22)11-18(23(17)29)27(30)31/h2-4,7-8,11-12,29H,5-6,9-10,13H2,1H3,(H,25,28)/b24-12+,26-14?. The van der Waals surface area contributed by atoms with Gasteiger partial charge in [0, 0.05) is 17.4 Å². The lowest BCUT2D eigenvalue weighted by Crippen LogP contribution is -2.22. The van der Waals surface area contributed by atoms with Crippen molar-refractivity contribution in [2.24, 2.45) is 10.3 Å². The first-order chi connectivity index (χ1) is 16.0. The molecule has 0 aliphatic heterocycles. The van der Waals surface area contributed by atoms with Crippen LogP contribution in [-0.4, -0.2) is 34.5 Å². The molecule has 0 saturated heterocycles. The molecule has 170 valence electrons. The second-order valence-electron chi connectivity index (χ2n) is 7.61. The molecule has 0 fully saturated rings. The van der Waals surface area contributed by atoms with E-state index in [9.17, 15) is 20.0 Å². The summed E-state index contributed by atoms with van der Waals surface area (Å²) < 4.78 is 5.82. The molecule has 33 heavy (non-hydrogen) atoms. The smallest absolute Gasteiger partial charge is 0.315 e. The third-order valence-electron chi connectivity index (χ3n) is 5.40. The van der Waals surface area contributed by atoms with E-state index in [2.05, 4.69) is 15.7 Å². The number of phenolic OH excluding ortho intramolecular Hbond substituents is 1. The molecular formula is C23H22N4O6. The fraction of sp³-hybridized carbons (Fsp3) is 0.261. The van der Waals surface area contributed by atoms with Crippen molar-refractivity contribution in [3.05, 3.63) is 69.0 Å². The van der Waals surface area contributed by atoms with Crippen LogP contribution in [0.1, 0.15) is 42.2 Å². The lowest BCUT2D eigenvalue weighted by atomic mass is 9.93. The van der Waals surface area contributed by atoms with Gasteiger partial charge in [-0.25, -0.2) is 5.43 Å². The highest BCUT2D eigenvalue weighted by molar-refractivity contribution is 6.05. The summed E-state index contributed by atoms with van der Waals surface area (Å²) in [6, 6.07) is 10.6. The first kappa shape index (κ1) is 22.0. The van der Waals surface area contributed by atoms with E-state index in [1.807, 2.05) is 30.3 Å². The van der Waals surface area contributed by atoms with Crippen LogP contribution in [0.15, 0.2) is 51.1 Å². The van der Waals surface area contributed by atoms with E-state index in [1.54, 1.807) is 6.92 Å². The number of carbonyl (C=O) groups is 1. The highest BCUT2D eigenvalue weighted by atomic mass is 16.6. The molecule has 0 bridgehead atoms. The van der Waals surface area contributed by atoms with Crippen molar-refractivity contribution < 1.29 is 24.1 Å². The Balaban J connectivity index is 1.50. The van der Waals surface area contributed by atoms with Gasteiger partial charge >= 0.3 is 5.69 Å². The Morgan fingerprint density at radius 2 is 2.06 bits per heavy atom. The first-order valence-electron chi connectivity index (χ1n) is 10.4. The number of aryl methyl sites for hydroxylation is 2. The monoisotopic (exact) mass is 450 g/mol. The lowest BCUT2D eigenvalue weighted by Gasteiger charge is -2.10. The molecule has 1 aliphatic rings. The van der Waals surface area contributed by atoms with E-state index < -0.39 is 22.3 Å². The van der Waals surface area contributed by atoms with Crippen LogP contribution < -0.4 is 5.43 Å². The molecule has 0 unspecified atom stereocenters. The molecule has 1 amide bonds. The Kier molecular flexibility index (Phi) is 6.34. The van der Waals surface area contributed by atoms with Crippen LogP contribution in [0.2, 0.25) is 0 Å². The predicted octanol–water partition coefficient (Wildman–Crippen LogP) is 3.82. The largest absolute Gasteiger partial charge is 0.502 e. The van der Waals surface area contributed by atoms with Crippen molar-refractivity contribution in [3.63, 3.8) is 0 Å². The first-order valence-corrected chi connectivity index (χ1v) is 10.4. The summed E-state index contributed by atoms with van der Waals surface area (Å²) in [5, 5.41) is 30.2. The van der Waals surface area contributed by atoms with Crippen LogP contribution in [0.25, 0.3) is 11.0 Å². The van der Waals surface area contributed by atoms with Crippen LogP contribution in [0.5, 0.6) is 5.75 Å². The minimum Gasteiger partial charge on any atom is -0.502 e. The Morgan fingerprint density at radius 3 is 2.82 bits per heavy atom. The van der Waals surface area contributed by atoms with E-state index in [0.29, 0.717) is 16.7 Å². The Hall–Kier alpha value is -4.21. The second-order valence-corrected chi connectivity index (χ2v) is 7.61. The number of hydrogen-bond acceptors (Lipinski definition) is 8. The van der Waals surface area contributed by atoms with Gasteiger partial charge < -0.3 is 14.4 Å². The third-order valence-corrected chi connectivity index (χ3v) is 5.40. The van der Waals surface area contributed by atoms with Gasteiger partial charge in [-0.1, -0.05) is 35.5 Å². The summed E-state index contributed by atoms with van der Waals surface area (Å²) in [5.74, 6) is -0.347. The fourth-order valence-corrected chi connectivity index (χ4v) is 3.82. The summed E-state index contributed by atoms with van der Waals surface area (Å²) in [6.45, 7) is 1.38. The van der Waals surface area contributed by atoms with E-state index >= 15 is 0 Å². The van der Waals surface area contributed by atoms with E-state index in [4.69, 9.17) is 9.25 Å². The number of oxime groups is 1. The van der Waals surface area contributed by atoms with E-state index in [0.717, 1.165) is 42.6 Å². The molecule has 2 aromatic carbocycles. The Labute approximate surface area is 188 Å². The van der Waals surface area contributed by atoms with Crippen molar-refractivity contribution in [1.29, 1.82) is 0 Å². The van der Waals surface area contributed by atoms with Gasteiger partial charge in [-0.3, -0.25) is 14.9 Å². The molecule has 1 aromatic heterocycles. The van der Waals surface area contributed by atoms with Crippen LogP contribution in [0.3, 0.4) is 0 Å². The topological polar surface area (TPSA) is 140 Å². The number of hydrazone groups is 1. The number of furan rings is 1. The maximum absolute atomic E-state index is 12.0. The van der Waals surface area contributed by atoms with Crippen molar-refractivity contribution in [3.8, 4) is 5.75 Å². The van der Waals surface area contributed by atoms with Gasteiger partial charge in [0.25, 0.3) is 5.91 Å². The summed E-state index contributed by atoms with van der Waals surface area (Å²) >= 11 is 0. The molecule has 0 spiro atoms. The van der Waals surface area contributed by atoms with E-state index in [-0.39, 0.29) is 12.2 Å². The van der Waals surface area contributed by atoms with Crippen molar-refractivity contribution in [2.75, 3.05) is 6.61 Å². The zero-order chi connectivity index (χ0) is 23.4. The van der Waals surface area contributed by atoms with Gasteiger partial charge in [-0.2, -0.15) is 5.10 Å². The molecule has 0 radical (unpaired) electrons. The highest BCUT2D eigenvalue weighted by Crippen LogP contribution is 2.41. The Bertz CT molecular complexity index is 1260. The van der Waals surface area contributed by atoms with Gasteiger partial charge in [0.2, 0.25) is 5.75 Å². The van der Waals surface area contributed by atoms with Crippen molar-refractivity contribution in [1.82, 2.24) is 5.43 Å². The van der Waals surface area contributed by atoms with Crippen molar-refractivity contribution >= 4 is 34.5 Å². The number of benzene rings is 2. The summed E-state index contributed by atoms with van der Waals surface area (Å²) in [4.78, 5) is 27.8. The molecule has 1 aliphatic carbocycles. The number of nitro benzene ring substituents is 1. The maximum Gasteiger partial charge on any atom is 0.315 e. The predicted molar refractivity (Wildman–Crippen MR) is 122 cm³/mol. The number of rotatable bonds is 7.